The summed E-state index contributed by atoms with van der Waals surface area (Å²) in [5, 5.41) is 9.67. The molecule has 1 atom stereocenters. The van der Waals surface area contributed by atoms with Gasteiger partial charge in [-0.25, -0.2) is 0 Å². The number of halogens is 1. The number of hydrogen-bond donors (Lipinski definition) is 2. The first-order chi connectivity index (χ1) is 7.43. The van der Waals surface area contributed by atoms with Crippen LogP contribution in [0.25, 0.3) is 0 Å². The van der Waals surface area contributed by atoms with E-state index in [-0.39, 0.29) is 18.1 Å². The third kappa shape index (κ3) is 2.48. The van der Waals surface area contributed by atoms with Crippen LogP contribution in [0.3, 0.4) is 0 Å². The van der Waals surface area contributed by atoms with Gasteiger partial charge in [0.2, 0.25) is 0 Å². The molecule has 0 bridgehead atoms. The minimum atomic E-state index is -0.329. The number of hydrogen-bond acceptors (Lipinski definition) is 3. The van der Waals surface area contributed by atoms with Crippen LogP contribution >= 0.6 is 11.6 Å². The smallest absolute Gasteiger partial charge is 0.137 e. The summed E-state index contributed by atoms with van der Waals surface area (Å²) in [7, 11) is 1.57. The zero-order valence-corrected chi connectivity index (χ0v) is 10.6. The summed E-state index contributed by atoms with van der Waals surface area (Å²) >= 11 is 6.06. The monoisotopic (exact) mass is 243 g/mol. The molecular weight excluding hydrogens is 226 g/mol. The minimum Gasteiger partial charge on any atom is -0.495 e. The van der Waals surface area contributed by atoms with Crippen LogP contribution < -0.4 is 10.5 Å². The average molecular weight is 244 g/mol. The molecule has 1 aromatic rings. The van der Waals surface area contributed by atoms with Crippen LogP contribution in [0.5, 0.6) is 5.75 Å². The van der Waals surface area contributed by atoms with Crippen molar-refractivity contribution in [3.05, 3.63) is 28.8 Å². The van der Waals surface area contributed by atoms with Crippen LogP contribution in [0.2, 0.25) is 5.02 Å². The first-order valence-electron chi connectivity index (χ1n) is 5.14. The maximum Gasteiger partial charge on any atom is 0.137 e. The number of ether oxygens (including phenoxy) is 1. The van der Waals surface area contributed by atoms with Crippen molar-refractivity contribution in [3.63, 3.8) is 0 Å². The van der Waals surface area contributed by atoms with E-state index in [1.54, 1.807) is 7.11 Å². The van der Waals surface area contributed by atoms with Crippen LogP contribution in [0.15, 0.2) is 18.2 Å². The van der Waals surface area contributed by atoms with E-state index in [0.717, 1.165) is 5.56 Å². The second-order valence-corrected chi connectivity index (χ2v) is 4.77. The zero-order chi connectivity index (χ0) is 12.3. The molecule has 0 aliphatic heterocycles. The van der Waals surface area contributed by atoms with Crippen LogP contribution in [0.4, 0.5) is 0 Å². The van der Waals surface area contributed by atoms with Gasteiger partial charge in [0.05, 0.1) is 18.7 Å². The van der Waals surface area contributed by atoms with Crippen molar-refractivity contribution in [2.24, 2.45) is 5.73 Å². The van der Waals surface area contributed by atoms with Crippen molar-refractivity contribution in [1.82, 2.24) is 0 Å². The summed E-state index contributed by atoms with van der Waals surface area (Å²) in [6.07, 6.45) is 0. The zero-order valence-electron chi connectivity index (χ0n) is 9.83. The van der Waals surface area contributed by atoms with E-state index in [0.29, 0.717) is 10.8 Å². The highest BCUT2D eigenvalue weighted by Gasteiger charge is 2.28. The van der Waals surface area contributed by atoms with Crippen LogP contribution in [-0.4, -0.2) is 24.9 Å². The number of methoxy groups -OCH3 is 1. The highest BCUT2D eigenvalue weighted by molar-refractivity contribution is 6.32. The molecule has 90 valence electrons. The average Bonchev–Trinajstić information content (AvgIpc) is 2.27. The minimum absolute atomic E-state index is 0.0589. The fourth-order valence-electron chi connectivity index (χ4n) is 1.51. The quantitative estimate of drug-likeness (QED) is 0.850. The van der Waals surface area contributed by atoms with E-state index in [2.05, 4.69) is 0 Å². The third-order valence-electron chi connectivity index (χ3n) is 3.02. The molecule has 0 heterocycles. The van der Waals surface area contributed by atoms with Gasteiger partial charge in [-0.3, -0.25) is 0 Å². The normalized spacial score (nSPS) is 13.6. The highest BCUT2D eigenvalue weighted by Crippen LogP contribution is 2.32. The van der Waals surface area contributed by atoms with Gasteiger partial charge in [0.1, 0.15) is 5.75 Å². The Hall–Kier alpha value is -0.770. The maximum absolute atomic E-state index is 9.12. The predicted octanol–water partition coefficient (Wildman–Crippen LogP) is 1.95. The molecule has 0 aliphatic carbocycles. The van der Waals surface area contributed by atoms with E-state index < -0.39 is 0 Å². The lowest BCUT2D eigenvalue weighted by molar-refractivity contribution is 0.220. The molecule has 16 heavy (non-hydrogen) atoms. The van der Waals surface area contributed by atoms with Gasteiger partial charge in [0, 0.05) is 11.5 Å². The number of nitrogens with two attached hydrogens (primary N) is 1. The van der Waals surface area contributed by atoms with Gasteiger partial charge in [-0.2, -0.15) is 0 Å². The number of rotatable bonds is 4. The van der Waals surface area contributed by atoms with E-state index in [4.69, 9.17) is 27.2 Å². The Bertz CT molecular complexity index is 366. The Morgan fingerprint density at radius 2 is 2.12 bits per heavy atom. The Labute approximate surface area is 101 Å². The van der Waals surface area contributed by atoms with Gasteiger partial charge in [-0.05, 0) is 17.7 Å². The summed E-state index contributed by atoms with van der Waals surface area (Å²) in [6.45, 7) is 3.90. The molecule has 0 saturated carbocycles. The SMILES string of the molecule is COc1ccc(C(C)(C)C(N)CO)cc1Cl. The van der Waals surface area contributed by atoms with Crippen molar-refractivity contribution in [3.8, 4) is 5.75 Å². The Kier molecular flexibility index (Phi) is 4.19. The molecule has 0 aromatic heterocycles. The topological polar surface area (TPSA) is 55.5 Å². The first kappa shape index (κ1) is 13.3. The van der Waals surface area contributed by atoms with Gasteiger partial charge in [0.25, 0.3) is 0 Å². The molecule has 0 amide bonds. The number of benzene rings is 1. The summed E-state index contributed by atoms with van der Waals surface area (Å²) in [5.74, 6) is 0.638. The van der Waals surface area contributed by atoms with E-state index in [9.17, 15) is 0 Å². The first-order valence-corrected chi connectivity index (χ1v) is 5.51. The molecule has 0 fully saturated rings. The van der Waals surface area contributed by atoms with Gasteiger partial charge in [0.15, 0.2) is 0 Å². The van der Waals surface area contributed by atoms with Crippen LogP contribution in [0, 0.1) is 0 Å². The summed E-state index contributed by atoms with van der Waals surface area (Å²) in [4.78, 5) is 0. The Balaban J connectivity index is 3.09. The largest absolute Gasteiger partial charge is 0.495 e. The molecule has 4 heteroatoms. The molecule has 0 aliphatic rings. The number of aliphatic hydroxyl groups excluding tert-OH is 1. The summed E-state index contributed by atoms with van der Waals surface area (Å²) in [5.41, 5.74) is 6.54. The molecule has 3 nitrogen and oxygen atoms in total. The van der Waals surface area contributed by atoms with Crippen molar-refractivity contribution < 1.29 is 9.84 Å². The third-order valence-corrected chi connectivity index (χ3v) is 3.31. The lowest BCUT2D eigenvalue weighted by Gasteiger charge is -2.31. The second-order valence-electron chi connectivity index (χ2n) is 4.36. The van der Waals surface area contributed by atoms with E-state index >= 15 is 0 Å². The molecular formula is C12H18ClNO2. The highest BCUT2D eigenvalue weighted by atomic mass is 35.5. The van der Waals surface area contributed by atoms with Gasteiger partial charge in [-0.1, -0.05) is 31.5 Å². The Morgan fingerprint density at radius 3 is 2.56 bits per heavy atom. The molecule has 0 spiro atoms. The van der Waals surface area contributed by atoms with Crippen LogP contribution in [-0.2, 0) is 5.41 Å². The van der Waals surface area contributed by atoms with Crippen LogP contribution in [0.1, 0.15) is 19.4 Å². The molecule has 0 saturated heterocycles. The summed E-state index contributed by atoms with van der Waals surface area (Å²) < 4.78 is 5.09. The standard InChI is InChI=1S/C12H18ClNO2/c1-12(2,11(14)7-15)8-4-5-10(16-3)9(13)6-8/h4-6,11,15H,7,14H2,1-3H3. The molecule has 1 rings (SSSR count). The Morgan fingerprint density at radius 1 is 1.50 bits per heavy atom. The summed E-state index contributed by atoms with van der Waals surface area (Å²) in [6, 6.07) is 5.23. The van der Waals surface area contributed by atoms with E-state index in [1.807, 2.05) is 32.0 Å². The lowest BCUT2D eigenvalue weighted by atomic mass is 9.78. The fourth-order valence-corrected chi connectivity index (χ4v) is 1.77. The van der Waals surface area contributed by atoms with Gasteiger partial charge in [-0.15, -0.1) is 0 Å². The molecule has 0 radical (unpaired) electrons. The van der Waals surface area contributed by atoms with E-state index in [1.165, 1.54) is 0 Å². The lowest BCUT2D eigenvalue weighted by Crippen LogP contribution is -2.43. The molecule has 3 N–H and O–H groups in total. The van der Waals surface area contributed by atoms with Crippen molar-refractivity contribution in [1.29, 1.82) is 0 Å². The number of aliphatic hydroxyl groups is 1. The van der Waals surface area contributed by atoms with Crippen molar-refractivity contribution >= 4 is 11.6 Å². The van der Waals surface area contributed by atoms with Crippen molar-refractivity contribution in [2.75, 3.05) is 13.7 Å². The fraction of sp³-hybridized carbons (Fsp3) is 0.500. The van der Waals surface area contributed by atoms with Gasteiger partial charge < -0.3 is 15.6 Å². The molecule has 1 unspecified atom stereocenters. The molecule has 1 aromatic carbocycles. The van der Waals surface area contributed by atoms with Gasteiger partial charge >= 0.3 is 0 Å². The second kappa shape index (κ2) is 5.04. The maximum atomic E-state index is 9.12. The predicted molar refractivity (Wildman–Crippen MR) is 66.1 cm³/mol. The van der Waals surface area contributed by atoms with Crippen molar-refractivity contribution in [2.45, 2.75) is 25.3 Å².